The minimum absolute atomic E-state index is 0.198. The molecule has 25 heavy (non-hydrogen) atoms. The average Bonchev–Trinajstić information content (AvgIpc) is 3.02. The molecule has 0 spiro atoms. The van der Waals surface area contributed by atoms with Crippen LogP contribution in [-0.4, -0.2) is 9.38 Å². The van der Waals surface area contributed by atoms with E-state index in [1.165, 1.54) is 6.07 Å². The second-order valence-electron chi connectivity index (χ2n) is 5.69. The Morgan fingerprint density at radius 3 is 2.44 bits per heavy atom. The van der Waals surface area contributed by atoms with E-state index in [-0.39, 0.29) is 5.69 Å². The molecule has 4 aromatic rings. The summed E-state index contributed by atoms with van der Waals surface area (Å²) in [5.41, 5.74) is 3.70. The van der Waals surface area contributed by atoms with Crippen molar-refractivity contribution in [2.45, 2.75) is 6.92 Å². The van der Waals surface area contributed by atoms with Gasteiger partial charge in [0.15, 0.2) is 11.6 Å². The van der Waals surface area contributed by atoms with Gasteiger partial charge in [0.2, 0.25) is 0 Å². The highest BCUT2D eigenvalue weighted by atomic mass is 19.1. The molecule has 0 saturated carbocycles. The Bertz CT molecular complexity index is 1070. The van der Waals surface area contributed by atoms with Crippen molar-refractivity contribution in [3.05, 3.63) is 84.3 Å². The van der Waals surface area contributed by atoms with E-state index in [0.29, 0.717) is 5.82 Å². The Balaban J connectivity index is 1.92. The molecule has 4 nitrogen and oxygen atoms in total. The molecule has 122 valence electrons. The zero-order chi connectivity index (χ0) is 17.2. The lowest BCUT2D eigenvalue weighted by Gasteiger charge is -2.00. The maximum absolute atomic E-state index is 13.8. The van der Waals surface area contributed by atoms with Crippen molar-refractivity contribution in [1.29, 1.82) is 0 Å². The fraction of sp³-hybridized carbons (Fsp3) is 0.0500. The van der Waals surface area contributed by atoms with E-state index in [9.17, 15) is 4.39 Å². The average molecular weight is 330 g/mol. The summed E-state index contributed by atoms with van der Waals surface area (Å²) in [6.45, 7) is 1.99. The monoisotopic (exact) mass is 330 g/mol. The molecule has 0 aliphatic carbocycles. The van der Waals surface area contributed by atoms with Crippen molar-refractivity contribution in [3.63, 3.8) is 0 Å². The lowest BCUT2D eigenvalue weighted by atomic mass is 10.1. The van der Waals surface area contributed by atoms with Crippen LogP contribution in [0, 0.1) is 12.7 Å². The van der Waals surface area contributed by atoms with Gasteiger partial charge in [0.1, 0.15) is 17.0 Å². The molecule has 2 heterocycles. The molecular formula is C20H15FN4. The summed E-state index contributed by atoms with van der Waals surface area (Å²) < 4.78 is 15.7. The smallest absolute Gasteiger partial charge is 0.187 e. The van der Waals surface area contributed by atoms with Gasteiger partial charge in [-0.2, -0.15) is 0 Å². The van der Waals surface area contributed by atoms with Crippen molar-refractivity contribution in [2.75, 3.05) is 0 Å². The standard InChI is InChI=1S/C20H15FN4/c1-14-8-7-13-25-19(14)22-18(15-9-3-2-4-10-15)20(25)24-23-17-12-6-5-11-16(17)21/h2-13H,1H3. The minimum atomic E-state index is -0.405. The predicted molar refractivity (Wildman–Crippen MR) is 95.9 cm³/mol. The summed E-state index contributed by atoms with van der Waals surface area (Å²) in [6.07, 6.45) is 1.89. The van der Waals surface area contributed by atoms with Gasteiger partial charge in [-0.25, -0.2) is 9.37 Å². The van der Waals surface area contributed by atoms with E-state index in [4.69, 9.17) is 4.98 Å². The molecule has 0 N–H and O–H groups in total. The molecular weight excluding hydrogens is 315 g/mol. The highest BCUT2D eigenvalue weighted by Gasteiger charge is 2.15. The zero-order valence-electron chi connectivity index (χ0n) is 13.6. The first-order valence-corrected chi connectivity index (χ1v) is 7.93. The topological polar surface area (TPSA) is 42.0 Å². The van der Waals surface area contributed by atoms with E-state index in [0.717, 1.165) is 22.5 Å². The van der Waals surface area contributed by atoms with E-state index in [1.807, 2.05) is 60.0 Å². The van der Waals surface area contributed by atoms with Crippen LogP contribution < -0.4 is 0 Å². The Hall–Kier alpha value is -3.34. The number of halogens is 1. The van der Waals surface area contributed by atoms with Gasteiger partial charge in [0, 0.05) is 11.8 Å². The van der Waals surface area contributed by atoms with Crippen LogP contribution in [0.5, 0.6) is 0 Å². The number of nitrogens with zero attached hydrogens (tertiary/aromatic N) is 4. The number of pyridine rings is 1. The number of fused-ring (bicyclic) bond motifs is 1. The third-order valence-corrected chi connectivity index (χ3v) is 3.97. The van der Waals surface area contributed by atoms with Crippen LogP contribution in [0.2, 0.25) is 0 Å². The Kier molecular flexibility index (Phi) is 3.82. The second-order valence-corrected chi connectivity index (χ2v) is 5.69. The number of azo groups is 1. The van der Waals surface area contributed by atoms with Crippen LogP contribution in [-0.2, 0) is 0 Å². The van der Waals surface area contributed by atoms with Gasteiger partial charge in [-0.1, -0.05) is 48.5 Å². The number of aromatic nitrogens is 2. The Morgan fingerprint density at radius 2 is 1.64 bits per heavy atom. The Morgan fingerprint density at radius 1 is 0.880 bits per heavy atom. The summed E-state index contributed by atoms with van der Waals surface area (Å²) in [4.78, 5) is 4.73. The van der Waals surface area contributed by atoms with Gasteiger partial charge in [-0.15, -0.1) is 10.2 Å². The molecule has 0 radical (unpaired) electrons. The number of rotatable bonds is 3. The summed E-state index contributed by atoms with van der Waals surface area (Å²) >= 11 is 0. The van der Waals surface area contributed by atoms with Gasteiger partial charge in [0.05, 0.1) is 0 Å². The fourth-order valence-electron chi connectivity index (χ4n) is 2.71. The predicted octanol–water partition coefficient (Wildman–Crippen LogP) is 5.86. The van der Waals surface area contributed by atoms with Gasteiger partial charge in [-0.3, -0.25) is 4.40 Å². The van der Waals surface area contributed by atoms with E-state index >= 15 is 0 Å². The number of benzene rings is 2. The number of hydrogen-bond donors (Lipinski definition) is 0. The maximum atomic E-state index is 13.8. The quantitative estimate of drug-likeness (QED) is 0.433. The van der Waals surface area contributed by atoms with Crippen molar-refractivity contribution in [1.82, 2.24) is 9.38 Å². The van der Waals surface area contributed by atoms with Gasteiger partial charge < -0.3 is 0 Å². The van der Waals surface area contributed by atoms with E-state index in [1.54, 1.807) is 18.2 Å². The van der Waals surface area contributed by atoms with Crippen LogP contribution >= 0.6 is 0 Å². The third kappa shape index (κ3) is 2.80. The van der Waals surface area contributed by atoms with Gasteiger partial charge in [0.25, 0.3) is 0 Å². The van der Waals surface area contributed by atoms with Gasteiger partial charge >= 0.3 is 0 Å². The summed E-state index contributed by atoms with van der Waals surface area (Å²) in [5.74, 6) is 0.172. The number of hydrogen-bond acceptors (Lipinski definition) is 3. The molecule has 5 heteroatoms. The normalized spacial score (nSPS) is 11.4. The molecule has 0 aliphatic rings. The molecule has 0 bridgehead atoms. The summed E-state index contributed by atoms with van der Waals surface area (Å²) in [7, 11) is 0. The van der Waals surface area contributed by atoms with E-state index < -0.39 is 5.82 Å². The highest BCUT2D eigenvalue weighted by molar-refractivity contribution is 5.75. The molecule has 0 aliphatic heterocycles. The van der Waals surface area contributed by atoms with Crippen LogP contribution in [0.3, 0.4) is 0 Å². The van der Waals surface area contributed by atoms with Crippen LogP contribution in [0.15, 0.2) is 83.2 Å². The molecule has 0 fully saturated rings. The van der Waals surface area contributed by atoms with Crippen molar-refractivity contribution < 1.29 is 4.39 Å². The first-order valence-electron chi connectivity index (χ1n) is 7.93. The first kappa shape index (κ1) is 15.2. The SMILES string of the molecule is Cc1cccn2c(N=Nc3ccccc3F)c(-c3ccccc3)nc12. The minimum Gasteiger partial charge on any atom is -0.282 e. The van der Waals surface area contributed by atoms with Crippen molar-refractivity contribution >= 4 is 17.2 Å². The molecule has 4 rings (SSSR count). The highest BCUT2D eigenvalue weighted by Crippen LogP contribution is 2.33. The van der Waals surface area contributed by atoms with Crippen molar-refractivity contribution in [3.8, 4) is 11.3 Å². The second kappa shape index (κ2) is 6.28. The molecule has 2 aromatic carbocycles. The zero-order valence-corrected chi connectivity index (χ0v) is 13.6. The lowest BCUT2D eigenvalue weighted by Crippen LogP contribution is -1.85. The first-order chi connectivity index (χ1) is 12.2. The fourth-order valence-corrected chi connectivity index (χ4v) is 2.71. The summed E-state index contributed by atoms with van der Waals surface area (Å²) in [5, 5.41) is 8.43. The van der Waals surface area contributed by atoms with Crippen LogP contribution in [0.1, 0.15) is 5.56 Å². The Labute approximate surface area is 144 Å². The van der Waals surface area contributed by atoms with Gasteiger partial charge in [-0.05, 0) is 30.7 Å². The summed E-state index contributed by atoms with van der Waals surface area (Å²) in [6, 6.07) is 20.0. The van der Waals surface area contributed by atoms with Crippen LogP contribution in [0.4, 0.5) is 15.9 Å². The molecule has 0 saturated heterocycles. The van der Waals surface area contributed by atoms with E-state index in [2.05, 4.69) is 10.2 Å². The number of aryl methyl sites for hydroxylation is 1. The number of imidazole rings is 1. The van der Waals surface area contributed by atoms with Crippen LogP contribution in [0.25, 0.3) is 16.9 Å². The molecule has 0 amide bonds. The molecule has 2 aromatic heterocycles. The lowest BCUT2D eigenvalue weighted by molar-refractivity contribution is 0.628. The molecule has 0 atom stereocenters. The maximum Gasteiger partial charge on any atom is 0.187 e. The van der Waals surface area contributed by atoms with Crippen molar-refractivity contribution in [2.24, 2.45) is 10.2 Å². The largest absolute Gasteiger partial charge is 0.282 e. The molecule has 0 unspecified atom stereocenters. The third-order valence-electron chi connectivity index (χ3n) is 3.97.